The van der Waals surface area contributed by atoms with Gasteiger partial charge in [-0.25, -0.2) is 0 Å². The van der Waals surface area contributed by atoms with Crippen molar-refractivity contribution in [1.82, 2.24) is 15.2 Å². The van der Waals surface area contributed by atoms with Gasteiger partial charge < -0.3 is 15.0 Å². The minimum absolute atomic E-state index is 0.0285. The van der Waals surface area contributed by atoms with Gasteiger partial charge in [0.25, 0.3) is 0 Å². The number of nitrogens with one attached hydrogen (secondary N) is 1. The van der Waals surface area contributed by atoms with E-state index in [-0.39, 0.29) is 30.4 Å². The Kier molecular flexibility index (Phi) is 5.82. The summed E-state index contributed by atoms with van der Waals surface area (Å²) in [7, 11) is 0. The molecule has 2 aliphatic heterocycles. The predicted octanol–water partition coefficient (Wildman–Crippen LogP) is 3.49. The second-order valence-corrected chi connectivity index (χ2v) is 8.88. The number of benzene rings is 2. The molecule has 33 heavy (non-hydrogen) atoms. The minimum atomic E-state index is -0.152. The van der Waals surface area contributed by atoms with Gasteiger partial charge in [0.1, 0.15) is 11.9 Å². The molecule has 1 saturated heterocycles. The van der Waals surface area contributed by atoms with Crippen molar-refractivity contribution in [3.05, 3.63) is 83.6 Å². The van der Waals surface area contributed by atoms with Crippen LogP contribution in [-0.2, 0) is 16.0 Å². The van der Waals surface area contributed by atoms with Crippen LogP contribution in [0.5, 0.6) is 5.75 Å². The zero-order valence-electron chi connectivity index (χ0n) is 18.7. The normalized spacial score (nSPS) is 19.3. The number of amides is 2. The van der Waals surface area contributed by atoms with Crippen LogP contribution in [0.25, 0.3) is 11.3 Å². The number of pyridine rings is 1. The number of aryl methyl sites for hydroxylation is 1. The lowest BCUT2D eigenvalue weighted by atomic mass is 9.99. The summed E-state index contributed by atoms with van der Waals surface area (Å²) >= 11 is 0. The summed E-state index contributed by atoms with van der Waals surface area (Å²) < 4.78 is 6.02. The van der Waals surface area contributed by atoms with E-state index in [1.807, 2.05) is 61.7 Å². The molecule has 0 spiro atoms. The van der Waals surface area contributed by atoms with Gasteiger partial charge in [-0.05, 0) is 47.9 Å². The van der Waals surface area contributed by atoms with E-state index in [1.165, 1.54) is 0 Å². The Morgan fingerprint density at radius 1 is 1.12 bits per heavy atom. The molecule has 3 aromatic rings. The molecule has 2 unspecified atom stereocenters. The maximum atomic E-state index is 12.5. The van der Waals surface area contributed by atoms with E-state index in [0.717, 1.165) is 40.1 Å². The highest BCUT2D eigenvalue weighted by Gasteiger charge is 2.32. The summed E-state index contributed by atoms with van der Waals surface area (Å²) in [5.41, 5.74) is 5.39. The number of carbonyl (C=O) groups excluding carboxylic acids is 2. The van der Waals surface area contributed by atoms with Gasteiger partial charge in [-0.1, -0.05) is 36.4 Å². The number of hydrogen-bond donors (Lipinski definition) is 1. The molecule has 6 heteroatoms. The highest BCUT2D eigenvalue weighted by Crippen LogP contribution is 2.32. The minimum Gasteiger partial charge on any atom is -0.488 e. The van der Waals surface area contributed by atoms with E-state index in [2.05, 4.69) is 22.4 Å². The van der Waals surface area contributed by atoms with Gasteiger partial charge in [0, 0.05) is 37.1 Å². The molecular weight excluding hydrogens is 414 g/mol. The first kappa shape index (κ1) is 21.2. The smallest absolute Gasteiger partial charge is 0.239 e. The van der Waals surface area contributed by atoms with Crippen LogP contribution in [0.15, 0.2) is 66.9 Å². The number of nitrogens with zero attached hydrogens (tertiary/aromatic N) is 2. The molecule has 1 fully saturated rings. The lowest BCUT2D eigenvalue weighted by molar-refractivity contribution is -0.133. The molecule has 0 radical (unpaired) electrons. The molecule has 1 aromatic heterocycles. The monoisotopic (exact) mass is 441 g/mol. The number of rotatable bonds is 6. The zero-order valence-corrected chi connectivity index (χ0v) is 18.7. The summed E-state index contributed by atoms with van der Waals surface area (Å²) in [6, 6.07) is 20.2. The number of ether oxygens (including phenoxy) is 1. The molecular formula is C27H27N3O3. The van der Waals surface area contributed by atoms with E-state index < -0.39 is 0 Å². The van der Waals surface area contributed by atoms with Gasteiger partial charge >= 0.3 is 0 Å². The van der Waals surface area contributed by atoms with E-state index >= 15 is 0 Å². The molecule has 2 aliphatic rings. The van der Waals surface area contributed by atoms with E-state index in [0.29, 0.717) is 19.5 Å². The Bertz CT molecular complexity index is 1160. The van der Waals surface area contributed by atoms with Crippen LogP contribution < -0.4 is 10.1 Å². The van der Waals surface area contributed by atoms with Crippen LogP contribution in [-0.4, -0.2) is 47.4 Å². The SMILES string of the molecule is Cc1ccc(-c2ccc3c(c2)CC(CNC(=O)CN2CC(c4ccccc4)CC2=O)O3)nc1. The van der Waals surface area contributed by atoms with Crippen LogP contribution in [0.3, 0.4) is 0 Å². The van der Waals surface area contributed by atoms with Crippen LogP contribution in [0.1, 0.15) is 29.0 Å². The number of hydrogen-bond acceptors (Lipinski definition) is 4. The highest BCUT2D eigenvalue weighted by molar-refractivity contribution is 5.86. The lowest BCUT2D eigenvalue weighted by Crippen LogP contribution is -2.41. The van der Waals surface area contributed by atoms with Crippen molar-refractivity contribution in [2.45, 2.75) is 31.8 Å². The fourth-order valence-corrected chi connectivity index (χ4v) is 4.56. The summed E-state index contributed by atoms with van der Waals surface area (Å²) in [6.45, 7) is 3.10. The molecule has 2 amide bonds. The average Bonchev–Trinajstić information content (AvgIpc) is 3.41. The third kappa shape index (κ3) is 4.75. The molecule has 0 aliphatic carbocycles. The molecule has 168 valence electrons. The molecule has 0 bridgehead atoms. The van der Waals surface area contributed by atoms with Gasteiger partial charge in [-0.15, -0.1) is 0 Å². The number of aromatic nitrogens is 1. The van der Waals surface area contributed by atoms with Crippen LogP contribution in [0, 0.1) is 6.92 Å². The van der Waals surface area contributed by atoms with E-state index in [4.69, 9.17) is 4.74 Å². The molecule has 2 aromatic carbocycles. The first-order valence-electron chi connectivity index (χ1n) is 11.4. The fraction of sp³-hybridized carbons (Fsp3) is 0.296. The number of fused-ring (bicyclic) bond motifs is 1. The Morgan fingerprint density at radius 2 is 1.97 bits per heavy atom. The van der Waals surface area contributed by atoms with Gasteiger partial charge in [-0.2, -0.15) is 0 Å². The van der Waals surface area contributed by atoms with Gasteiger partial charge in [0.15, 0.2) is 0 Å². The van der Waals surface area contributed by atoms with Gasteiger partial charge in [0.05, 0.1) is 18.8 Å². The standard InChI is InChI=1S/C27H27N3O3/c1-18-7-9-24(28-14-18)20-8-10-25-21(11-20)12-23(33-25)15-29-26(31)17-30-16-22(13-27(30)32)19-5-3-2-4-6-19/h2-11,14,22-23H,12-13,15-17H2,1H3,(H,29,31). The Hall–Kier alpha value is -3.67. The average molecular weight is 442 g/mol. The topological polar surface area (TPSA) is 71.5 Å². The maximum absolute atomic E-state index is 12.5. The van der Waals surface area contributed by atoms with Crippen LogP contribution in [0.4, 0.5) is 0 Å². The van der Waals surface area contributed by atoms with Crippen molar-refractivity contribution in [3.63, 3.8) is 0 Å². The number of carbonyl (C=O) groups is 2. The Labute approximate surface area is 193 Å². The molecule has 3 heterocycles. The Balaban J connectivity index is 1.13. The fourth-order valence-electron chi connectivity index (χ4n) is 4.56. The molecule has 0 saturated carbocycles. The third-order valence-corrected chi connectivity index (χ3v) is 6.36. The molecule has 2 atom stereocenters. The van der Waals surface area contributed by atoms with Gasteiger partial charge in [-0.3, -0.25) is 14.6 Å². The van der Waals surface area contributed by atoms with Crippen LogP contribution >= 0.6 is 0 Å². The lowest BCUT2D eigenvalue weighted by Gasteiger charge is -2.17. The van der Waals surface area contributed by atoms with Crippen molar-refractivity contribution >= 4 is 11.8 Å². The van der Waals surface area contributed by atoms with E-state index in [1.54, 1.807) is 4.90 Å². The van der Waals surface area contributed by atoms with Crippen molar-refractivity contribution in [2.75, 3.05) is 19.6 Å². The molecule has 5 rings (SSSR count). The van der Waals surface area contributed by atoms with Crippen molar-refractivity contribution in [3.8, 4) is 17.0 Å². The quantitative estimate of drug-likeness (QED) is 0.636. The second-order valence-electron chi connectivity index (χ2n) is 8.88. The zero-order chi connectivity index (χ0) is 22.8. The summed E-state index contributed by atoms with van der Waals surface area (Å²) in [6.07, 6.45) is 2.94. The Morgan fingerprint density at radius 3 is 2.76 bits per heavy atom. The highest BCUT2D eigenvalue weighted by atomic mass is 16.5. The summed E-state index contributed by atoms with van der Waals surface area (Å²) in [4.78, 5) is 31.1. The van der Waals surface area contributed by atoms with Crippen LogP contribution in [0.2, 0.25) is 0 Å². The van der Waals surface area contributed by atoms with E-state index in [9.17, 15) is 9.59 Å². The second kappa shape index (κ2) is 9.06. The largest absolute Gasteiger partial charge is 0.488 e. The van der Waals surface area contributed by atoms with Crippen molar-refractivity contribution < 1.29 is 14.3 Å². The summed E-state index contributed by atoms with van der Waals surface area (Å²) in [5, 5.41) is 2.94. The molecule has 6 nitrogen and oxygen atoms in total. The molecule has 1 N–H and O–H groups in total. The maximum Gasteiger partial charge on any atom is 0.239 e. The first-order valence-corrected chi connectivity index (χ1v) is 11.4. The number of likely N-dealkylation sites (tertiary alicyclic amines) is 1. The van der Waals surface area contributed by atoms with Crippen molar-refractivity contribution in [2.24, 2.45) is 0 Å². The van der Waals surface area contributed by atoms with Gasteiger partial charge in [0.2, 0.25) is 11.8 Å². The third-order valence-electron chi connectivity index (χ3n) is 6.36. The van der Waals surface area contributed by atoms with Crippen molar-refractivity contribution in [1.29, 1.82) is 0 Å². The first-order chi connectivity index (χ1) is 16.0. The summed E-state index contributed by atoms with van der Waals surface area (Å²) in [5.74, 6) is 0.879. The predicted molar refractivity (Wildman–Crippen MR) is 126 cm³/mol.